The standard InChI is InChI=1S/C13H20N2O2S/c1-8(2)10-11(12(16)17)18-13(14-10)15(3)9-6-4-5-7-9/h8-9H,4-7H2,1-3H3,(H,16,17). The smallest absolute Gasteiger partial charge is 0.347 e. The van der Waals surface area contributed by atoms with Gasteiger partial charge in [0.05, 0.1) is 5.69 Å². The molecule has 1 fully saturated rings. The van der Waals surface area contributed by atoms with E-state index in [2.05, 4.69) is 9.88 Å². The van der Waals surface area contributed by atoms with Gasteiger partial charge in [-0.3, -0.25) is 0 Å². The highest BCUT2D eigenvalue weighted by Crippen LogP contribution is 2.34. The van der Waals surface area contributed by atoms with Gasteiger partial charge in [0.15, 0.2) is 5.13 Å². The highest BCUT2D eigenvalue weighted by Gasteiger charge is 2.26. The zero-order chi connectivity index (χ0) is 13.3. The molecule has 2 rings (SSSR count). The summed E-state index contributed by atoms with van der Waals surface area (Å²) in [6.45, 7) is 3.97. The molecule has 1 aliphatic rings. The minimum absolute atomic E-state index is 0.151. The van der Waals surface area contributed by atoms with Crippen LogP contribution in [0.3, 0.4) is 0 Å². The summed E-state index contributed by atoms with van der Waals surface area (Å²) in [5.41, 5.74) is 0.715. The van der Waals surface area contributed by atoms with E-state index in [0.717, 1.165) is 5.13 Å². The summed E-state index contributed by atoms with van der Waals surface area (Å²) >= 11 is 1.31. The summed E-state index contributed by atoms with van der Waals surface area (Å²) in [6, 6.07) is 0.526. The van der Waals surface area contributed by atoms with Crippen LogP contribution >= 0.6 is 11.3 Å². The summed E-state index contributed by atoms with van der Waals surface area (Å²) in [5, 5.41) is 10.1. The first-order chi connectivity index (χ1) is 8.50. The lowest BCUT2D eigenvalue weighted by Crippen LogP contribution is -2.28. The quantitative estimate of drug-likeness (QED) is 0.910. The largest absolute Gasteiger partial charge is 0.477 e. The first-order valence-corrected chi connectivity index (χ1v) is 7.29. The van der Waals surface area contributed by atoms with Crippen LogP contribution in [0.15, 0.2) is 0 Å². The number of rotatable bonds is 4. The van der Waals surface area contributed by atoms with Gasteiger partial charge >= 0.3 is 5.97 Å². The van der Waals surface area contributed by atoms with Crippen LogP contribution in [0.25, 0.3) is 0 Å². The van der Waals surface area contributed by atoms with Gasteiger partial charge < -0.3 is 10.0 Å². The number of hydrogen-bond donors (Lipinski definition) is 1. The Hall–Kier alpha value is -1.10. The van der Waals surface area contributed by atoms with Crippen molar-refractivity contribution in [2.24, 2.45) is 0 Å². The molecule has 1 aromatic rings. The number of carboxylic acid groups (broad SMARTS) is 1. The van der Waals surface area contributed by atoms with E-state index in [1.807, 2.05) is 20.9 Å². The summed E-state index contributed by atoms with van der Waals surface area (Å²) in [6.07, 6.45) is 4.91. The van der Waals surface area contributed by atoms with Crippen LogP contribution in [0, 0.1) is 0 Å². The fourth-order valence-corrected chi connectivity index (χ4v) is 3.56. The molecule has 4 nitrogen and oxygen atoms in total. The highest BCUT2D eigenvalue weighted by molar-refractivity contribution is 7.17. The molecule has 0 saturated heterocycles. The fraction of sp³-hybridized carbons (Fsp3) is 0.692. The van der Waals surface area contributed by atoms with Gasteiger partial charge in [-0.15, -0.1) is 0 Å². The molecule has 100 valence electrons. The predicted molar refractivity (Wildman–Crippen MR) is 73.8 cm³/mol. The number of aromatic carboxylic acids is 1. The lowest BCUT2D eigenvalue weighted by atomic mass is 10.1. The third kappa shape index (κ3) is 2.51. The first kappa shape index (κ1) is 13.3. The highest BCUT2D eigenvalue weighted by atomic mass is 32.1. The first-order valence-electron chi connectivity index (χ1n) is 6.47. The lowest BCUT2D eigenvalue weighted by Gasteiger charge is -2.23. The number of aromatic nitrogens is 1. The molecule has 0 spiro atoms. The molecular weight excluding hydrogens is 248 g/mol. The van der Waals surface area contributed by atoms with Gasteiger partial charge in [-0.1, -0.05) is 38.0 Å². The average molecular weight is 268 g/mol. The van der Waals surface area contributed by atoms with Gasteiger partial charge in [0.25, 0.3) is 0 Å². The Morgan fingerprint density at radius 2 is 2.06 bits per heavy atom. The predicted octanol–water partition coefficient (Wildman–Crippen LogP) is 3.34. The summed E-state index contributed by atoms with van der Waals surface area (Å²) in [7, 11) is 2.03. The maximum atomic E-state index is 11.2. The minimum atomic E-state index is -0.859. The number of anilines is 1. The van der Waals surface area contributed by atoms with E-state index >= 15 is 0 Å². The molecular formula is C13H20N2O2S. The normalized spacial score (nSPS) is 16.4. The Morgan fingerprint density at radius 3 is 2.50 bits per heavy atom. The topological polar surface area (TPSA) is 53.4 Å². The SMILES string of the molecule is CC(C)c1nc(N(C)C2CCCC2)sc1C(=O)O. The minimum Gasteiger partial charge on any atom is -0.477 e. The van der Waals surface area contributed by atoms with Gasteiger partial charge in [0.1, 0.15) is 4.88 Å². The molecule has 0 aliphatic heterocycles. The van der Waals surface area contributed by atoms with Crippen molar-refractivity contribution >= 4 is 22.4 Å². The second-order valence-electron chi connectivity index (χ2n) is 5.22. The van der Waals surface area contributed by atoms with E-state index in [-0.39, 0.29) is 5.92 Å². The van der Waals surface area contributed by atoms with Crippen LogP contribution in [-0.2, 0) is 0 Å². The van der Waals surface area contributed by atoms with Crippen molar-refractivity contribution in [2.45, 2.75) is 51.5 Å². The molecule has 1 heterocycles. The van der Waals surface area contributed by atoms with E-state index in [4.69, 9.17) is 0 Å². The van der Waals surface area contributed by atoms with Crippen LogP contribution in [-0.4, -0.2) is 29.1 Å². The van der Waals surface area contributed by atoms with Gasteiger partial charge in [-0.05, 0) is 18.8 Å². The van der Waals surface area contributed by atoms with Crippen LogP contribution < -0.4 is 4.90 Å². The van der Waals surface area contributed by atoms with Crippen LogP contribution in [0.5, 0.6) is 0 Å². The molecule has 5 heteroatoms. The fourth-order valence-electron chi connectivity index (χ4n) is 2.46. The second kappa shape index (κ2) is 5.26. The molecule has 0 bridgehead atoms. The second-order valence-corrected chi connectivity index (χ2v) is 6.20. The lowest BCUT2D eigenvalue weighted by molar-refractivity contribution is 0.0700. The van der Waals surface area contributed by atoms with Crippen LogP contribution in [0.4, 0.5) is 5.13 Å². The van der Waals surface area contributed by atoms with Crippen molar-refractivity contribution in [3.8, 4) is 0 Å². The van der Waals surface area contributed by atoms with Crippen molar-refractivity contribution in [3.63, 3.8) is 0 Å². The monoisotopic (exact) mass is 268 g/mol. The van der Waals surface area contributed by atoms with Crippen molar-refractivity contribution in [1.82, 2.24) is 4.98 Å². The molecule has 1 aromatic heterocycles. The molecule has 0 unspecified atom stereocenters. The van der Waals surface area contributed by atoms with Crippen molar-refractivity contribution in [2.75, 3.05) is 11.9 Å². The number of thiazole rings is 1. The molecule has 0 radical (unpaired) electrons. The van der Waals surface area contributed by atoms with Gasteiger partial charge in [0.2, 0.25) is 0 Å². The Bertz CT molecular complexity index is 436. The van der Waals surface area contributed by atoms with E-state index in [9.17, 15) is 9.90 Å². The Balaban J connectivity index is 2.28. The molecule has 1 saturated carbocycles. The van der Waals surface area contributed by atoms with Gasteiger partial charge in [-0.2, -0.15) is 0 Å². The molecule has 1 N–H and O–H groups in total. The molecule has 0 aromatic carbocycles. The maximum absolute atomic E-state index is 11.2. The van der Waals surface area contributed by atoms with Crippen molar-refractivity contribution < 1.29 is 9.90 Å². The van der Waals surface area contributed by atoms with E-state index < -0.39 is 5.97 Å². The molecule has 1 aliphatic carbocycles. The summed E-state index contributed by atoms with van der Waals surface area (Å²) in [5.74, 6) is -0.708. The molecule has 18 heavy (non-hydrogen) atoms. The van der Waals surface area contributed by atoms with E-state index in [0.29, 0.717) is 16.6 Å². The van der Waals surface area contributed by atoms with E-state index in [1.54, 1.807) is 0 Å². The Labute approximate surface area is 112 Å². The number of nitrogens with zero attached hydrogens (tertiary/aromatic N) is 2. The van der Waals surface area contributed by atoms with Crippen molar-refractivity contribution in [3.05, 3.63) is 10.6 Å². The van der Waals surface area contributed by atoms with E-state index in [1.165, 1.54) is 37.0 Å². The maximum Gasteiger partial charge on any atom is 0.347 e. The van der Waals surface area contributed by atoms with Crippen molar-refractivity contribution in [1.29, 1.82) is 0 Å². The third-order valence-corrected chi connectivity index (χ3v) is 4.71. The number of carboxylic acids is 1. The Kier molecular flexibility index (Phi) is 3.90. The number of hydrogen-bond acceptors (Lipinski definition) is 4. The molecule has 0 amide bonds. The molecule has 0 atom stereocenters. The summed E-state index contributed by atoms with van der Waals surface area (Å²) in [4.78, 5) is 18.3. The van der Waals surface area contributed by atoms with Gasteiger partial charge in [0, 0.05) is 13.1 Å². The third-order valence-electron chi connectivity index (χ3n) is 3.56. The zero-order valence-corrected chi connectivity index (χ0v) is 12.0. The zero-order valence-electron chi connectivity index (χ0n) is 11.1. The van der Waals surface area contributed by atoms with Crippen LogP contribution in [0.2, 0.25) is 0 Å². The van der Waals surface area contributed by atoms with Crippen LogP contribution in [0.1, 0.15) is 60.8 Å². The Morgan fingerprint density at radius 1 is 1.44 bits per heavy atom. The average Bonchev–Trinajstić information content (AvgIpc) is 2.97. The number of carbonyl (C=O) groups is 1. The summed E-state index contributed by atoms with van der Waals surface area (Å²) < 4.78 is 0. The van der Waals surface area contributed by atoms with Gasteiger partial charge in [-0.25, -0.2) is 9.78 Å².